The molecule has 0 aliphatic carbocycles. The molecule has 13 heteroatoms. The second kappa shape index (κ2) is 8.27. The maximum Gasteiger partial charge on any atom is 0.695 e. The van der Waals surface area contributed by atoms with Gasteiger partial charge in [0.05, 0.1) is 26.1 Å². The summed E-state index contributed by atoms with van der Waals surface area (Å²) in [4.78, 5) is 21.4. The van der Waals surface area contributed by atoms with Crippen LogP contribution in [-0.4, -0.2) is 74.8 Å². The normalized spacial score (nSPS) is 26.5. The molecule has 26 heavy (non-hydrogen) atoms. The van der Waals surface area contributed by atoms with Gasteiger partial charge in [0.1, 0.15) is 24.1 Å². The van der Waals surface area contributed by atoms with Gasteiger partial charge in [0.2, 0.25) is 0 Å². The molecule has 0 amide bonds. The predicted octanol–water partition coefficient (Wildman–Crippen LogP) is -0.635. The molecule has 1 saturated heterocycles. The molecule has 142 valence electrons. The molecule has 2 aromatic rings. The molecule has 5 atom stereocenters. The monoisotopic (exact) mass is 388 g/mol. The van der Waals surface area contributed by atoms with Gasteiger partial charge in [0.25, 0.3) is 0 Å². The molecule has 1 aliphatic rings. The number of imidazole rings is 1. The molecule has 0 spiro atoms. The van der Waals surface area contributed by atoms with Crippen molar-refractivity contribution in [3.8, 4) is 0 Å². The number of nitrogen functional groups attached to an aromatic ring is 1. The van der Waals surface area contributed by atoms with E-state index in [4.69, 9.17) is 29.4 Å². The lowest BCUT2D eigenvalue weighted by Crippen LogP contribution is -2.37. The molecule has 3 rings (SSSR count). The lowest BCUT2D eigenvalue weighted by atomic mass is 10.1. The number of aliphatic hydroxyl groups excluding tert-OH is 1. The van der Waals surface area contributed by atoms with E-state index in [0.717, 1.165) is 0 Å². The summed E-state index contributed by atoms with van der Waals surface area (Å²) >= 11 is 0. The summed E-state index contributed by atoms with van der Waals surface area (Å²) in [5.41, 5.74) is 6.57. The van der Waals surface area contributed by atoms with Crippen LogP contribution in [0.2, 0.25) is 0 Å². The summed E-state index contributed by atoms with van der Waals surface area (Å²) in [6.07, 6.45) is -0.760. The number of nitrogens with zero attached hydrogens (tertiary/aromatic N) is 4. The van der Waals surface area contributed by atoms with Crippen molar-refractivity contribution >= 4 is 25.2 Å². The maximum absolute atomic E-state index is 11.2. The molecule has 0 bridgehead atoms. The van der Waals surface area contributed by atoms with E-state index in [1.165, 1.54) is 19.8 Å². The van der Waals surface area contributed by atoms with E-state index in [1.807, 2.05) is 0 Å². The molecule has 0 saturated carbocycles. The first-order chi connectivity index (χ1) is 12.6. The molecular formula is C13H19N5O7P+. The van der Waals surface area contributed by atoms with Crippen molar-refractivity contribution < 1.29 is 33.3 Å². The highest BCUT2D eigenvalue weighted by Crippen LogP contribution is 2.38. The number of hydrogen-bond donors (Lipinski definition) is 3. The zero-order valence-corrected chi connectivity index (χ0v) is 14.7. The van der Waals surface area contributed by atoms with Crippen molar-refractivity contribution in [1.82, 2.24) is 19.5 Å². The average Bonchev–Trinajstić information content (AvgIpc) is 3.17. The van der Waals surface area contributed by atoms with Gasteiger partial charge in [-0.3, -0.25) is 4.57 Å². The Bertz CT molecular complexity index is 774. The van der Waals surface area contributed by atoms with E-state index in [9.17, 15) is 9.67 Å². The summed E-state index contributed by atoms with van der Waals surface area (Å²) in [5.74, 6) is 0.202. The van der Waals surface area contributed by atoms with Crippen molar-refractivity contribution in [3.05, 3.63) is 12.7 Å². The minimum atomic E-state index is -2.93. The number of rotatable bonds is 8. The van der Waals surface area contributed by atoms with Crippen LogP contribution in [0.3, 0.4) is 0 Å². The maximum atomic E-state index is 11.2. The lowest BCUT2D eigenvalue weighted by molar-refractivity contribution is -0.0775. The van der Waals surface area contributed by atoms with Gasteiger partial charge in [0.15, 0.2) is 23.8 Å². The Labute approximate surface area is 148 Å². The smallest absolute Gasteiger partial charge is 0.394 e. The number of anilines is 1. The summed E-state index contributed by atoms with van der Waals surface area (Å²) in [6.45, 7) is 0.0496. The first-order valence-corrected chi connectivity index (χ1v) is 8.82. The van der Waals surface area contributed by atoms with Crippen molar-refractivity contribution in [2.24, 2.45) is 0 Å². The summed E-state index contributed by atoms with van der Waals surface area (Å²) < 4.78 is 34.3. The van der Waals surface area contributed by atoms with Gasteiger partial charge in [-0.25, -0.2) is 15.0 Å². The van der Waals surface area contributed by atoms with Gasteiger partial charge >= 0.3 is 8.25 Å². The fourth-order valence-corrected chi connectivity index (χ4v) is 3.28. The molecule has 4 N–H and O–H groups in total. The average molecular weight is 388 g/mol. The molecule has 0 radical (unpaired) electrons. The van der Waals surface area contributed by atoms with Gasteiger partial charge in [0, 0.05) is 11.7 Å². The Kier molecular flexibility index (Phi) is 6.04. The first-order valence-electron chi connectivity index (χ1n) is 7.69. The van der Waals surface area contributed by atoms with Crippen LogP contribution in [0.5, 0.6) is 0 Å². The Morgan fingerprint density at radius 3 is 2.85 bits per heavy atom. The number of aromatic nitrogens is 4. The van der Waals surface area contributed by atoms with E-state index < -0.39 is 39.4 Å². The fraction of sp³-hybridized carbons (Fsp3) is 0.615. The molecule has 3 heterocycles. The summed E-state index contributed by atoms with van der Waals surface area (Å²) in [7, 11) is -1.41. The minimum Gasteiger partial charge on any atom is -0.394 e. The number of aliphatic hydroxyl groups is 1. The third-order valence-corrected chi connectivity index (χ3v) is 4.36. The standard InChI is InChI=1S/C13H18N5O7P/c1-22-2-3-23-10-9(25-26(20)21)7(4-19)24-13(10)18-6-17-8-11(14)15-5-16-12(8)18/h5-7,9-10,13,19H,2-4H2,1H3,(H2-,14,15,16,20,21)/p+1/t7-,9+,10?,13-/m1/s1. The van der Waals surface area contributed by atoms with Gasteiger partial charge in [-0.15, -0.1) is 9.42 Å². The van der Waals surface area contributed by atoms with E-state index in [-0.39, 0.29) is 12.4 Å². The second-order valence-corrected chi connectivity index (χ2v) is 6.15. The van der Waals surface area contributed by atoms with E-state index in [2.05, 4.69) is 15.0 Å². The zero-order valence-electron chi connectivity index (χ0n) is 13.8. The highest BCUT2D eigenvalue weighted by Gasteiger charge is 2.51. The molecular weight excluding hydrogens is 369 g/mol. The van der Waals surface area contributed by atoms with E-state index in [1.54, 1.807) is 4.57 Å². The third-order valence-electron chi connectivity index (χ3n) is 3.94. The van der Waals surface area contributed by atoms with Crippen LogP contribution in [0.4, 0.5) is 5.82 Å². The third kappa shape index (κ3) is 3.67. The fourth-order valence-electron chi connectivity index (χ4n) is 2.81. The Balaban J connectivity index is 1.96. The van der Waals surface area contributed by atoms with Crippen molar-refractivity contribution in [1.29, 1.82) is 0 Å². The largest absolute Gasteiger partial charge is 0.695 e. The van der Waals surface area contributed by atoms with Crippen LogP contribution in [-0.2, 0) is 23.3 Å². The number of hydrogen-bond acceptors (Lipinski definition) is 10. The molecule has 1 fully saturated rings. The first kappa shape index (κ1) is 19.0. The Morgan fingerprint density at radius 1 is 1.35 bits per heavy atom. The van der Waals surface area contributed by atoms with Gasteiger partial charge < -0.3 is 25.1 Å². The van der Waals surface area contributed by atoms with Crippen molar-refractivity contribution in [2.75, 3.05) is 32.7 Å². The van der Waals surface area contributed by atoms with Crippen LogP contribution in [0.1, 0.15) is 6.23 Å². The second-order valence-electron chi connectivity index (χ2n) is 5.47. The molecule has 2 unspecified atom stereocenters. The Hall–Kier alpha value is -1.79. The van der Waals surface area contributed by atoms with Crippen LogP contribution in [0, 0.1) is 0 Å². The van der Waals surface area contributed by atoms with Crippen LogP contribution in [0.25, 0.3) is 11.2 Å². The number of nitrogens with two attached hydrogens (primary N) is 1. The number of fused-ring (bicyclic) bond motifs is 1. The van der Waals surface area contributed by atoms with E-state index in [0.29, 0.717) is 17.8 Å². The topological polar surface area (TPSA) is 164 Å². The number of methoxy groups -OCH3 is 1. The lowest BCUT2D eigenvalue weighted by Gasteiger charge is -2.21. The van der Waals surface area contributed by atoms with Crippen LogP contribution < -0.4 is 5.73 Å². The highest BCUT2D eigenvalue weighted by molar-refractivity contribution is 7.32. The SMILES string of the molecule is COCCOC1[C@@H](O[P+](=O)O)[C@@H](CO)O[C@H]1n1cnc2c(N)ncnc21. The predicted molar refractivity (Wildman–Crippen MR) is 87.0 cm³/mol. The minimum absolute atomic E-state index is 0.186. The van der Waals surface area contributed by atoms with Crippen LogP contribution in [0.15, 0.2) is 12.7 Å². The molecule has 0 aromatic carbocycles. The van der Waals surface area contributed by atoms with E-state index >= 15 is 0 Å². The number of ether oxygens (including phenoxy) is 3. The van der Waals surface area contributed by atoms with Gasteiger partial charge in [-0.05, 0) is 0 Å². The highest BCUT2D eigenvalue weighted by atomic mass is 31.1. The summed E-state index contributed by atoms with van der Waals surface area (Å²) in [6, 6.07) is 0. The van der Waals surface area contributed by atoms with Gasteiger partial charge in [-0.2, -0.15) is 0 Å². The van der Waals surface area contributed by atoms with Crippen molar-refractivity contribution in [2.45, 2.75) is 24.5 Å². The van der Waals surface area contributed by atoms with Gasteiger partial charge in [-0.1, -0.05) is 0 Å². The zero-order chi connectivity index (χ0) is 18.7. The van der Waals surface area contributed by atoms with Crippen LogP contribution >= 0.6 is 8.25 Å². The summed E-state index contributed by atoms with van der Waals surface area (Å²) in [5, 5.41) is 9.58. The Morgan fingerprint density at radius 2 is 2.15 bits per heavy atom. The molecule has 1 aliphatic heterocycles. The van der Waals surface area contributed by atoms with Crippen molar-refractivity contribution in [3.63, 3.8) is 0 Å². The quantitative estimate of drug-likeness (QED) is 0.389. The molecule has 12 nitrogen and oxygen atoms in total. The molecule has 2 aromatic heterocycles.